The molecule has 1 aromatic rings. The first-order valence-corrected chi connectivity index (χ1v) is 4.63. The molecule has 14 heavy (non-hydrogen) atoms. The smallest absolute Gasteiger partial charge is 0.203 e. The van der Waals surface area contributed by atoms with E-state index in [-0.39, 0.29) is 5.75 Å². The number of hydrogen-bond acceptors (Lipinski definition) is 4. The van der Waals surface area contributed by atoms with Gasteiger partial charge in [-0.3, -0.25) is 0 Å². The molecular weight excluding hydrogens is 182 g/mol. The van der Waals surface area contributed by atoms with E-state index in [4.69, 9.17) is 15.2 Å². The van der Waals surface area contributed by atoms with Crippen LogP contribution in [0, 0.1) is 0 Å². The zero-order valence-electron chi connectivity index (χ0n) is 7.82. The van der Waals surface area contributed by atoms with Crippen molar-refractivity contribution >= 4 is 0 Å². The van der Waals surface area contributed by atoms with Gasteiger partial charge in [0.25, 0.3) is 0 Å². The van der Waals surface area contributed by atoms with Gasteiger partial charge in [-0.15, -0.1) is 0 Å². The normalized spacial score (nSPS) is 14.9. The Morgan fingerprint density at radius 2 is 2.07 bits per heavy atom. The van der Waals surface area contributed by atoms with Crippen molar-refractivity contribution in [2.45, 2.75) is 13.0 Å². The summed E-state index contributed by atoms with van der Waals surface area (Å²) in [5.41, 5.74) is 6.14. The Labute approximate surface area is 82.2 Å². The van der Waals surface area contributed by atoms with Crippen LogP contribution in [0.2, 0.25) is 0 Å². The molecule has 0 amide bonds. The van der Waals surface area contributed by atoms with E-state index in [0.717, 1.165) is 6.42 Å². The summed E-state index contributed by atoms with van der Waals surface area (Å²) >= 11 is 0. The van der Waals surface area contributed by atoms with Gasteiger partial charge in [-0.25, -0.2) is 0 Å². The minimum Gasteiger partial charge on any atom is -0.504 e. The van der Waals surface area contributed by atoms with Gasteiger partial charge in [0.15, 0.2) is 11.5 Å². The van der Waals surface area contributed by atoms with Crippen LogP contribution in [0.4, 0.5) is 0 Å². The maximum Gasteiger partial charge on any atom is 0.203 e. The molecule has 3 N–H and O–H groups in total. The van der Waals surface area contributed by atoms with Crippen molar-refractivity contribution in [3.05, 3.63) is 17.7 Å². The molecule has 0 radical (unpaired) electrons. The molecule has 4 heteroatoms. The minimum atomic E-state index is 0.104. The van der Waals surface area contributed by atoms with Crippen LogP contribution >= 0.6 is 0 Å². The van der Waals surface area contributed by atoms with Gasteiger partial charge in [0, 0.05) is 18.5 Å². The van der Waals surface area contributed by atoms with Crippen LogP contribution in [-0.2, 0) is 6.54 Å². The lowest BCUT2D eigenvalue weighted by molar-refractivity contribution is 0.291. The zero-order valence-corrected chi connectivity index (χ0v) is 7.82. The molecule has 2 rings (SSSR count). The van der Waals surface area contributed by atoms with E-state index in [2.05, 4.69) is 0 Å². The standard InChI is InChI=1S/C10H13NO3/c11-6-7-2-3-8-10(9(7)12)14-5-1-4-13-8/h2-3,12H,1,4-6,11H2. The second-order valence-corrected chi connectivity index (χ2v) is 3.16. The van der Waals surface area contributed by atoms with E-state index in [1.807, 2.05) is 0 Å². The summed E-state index contributed by atoms with van der Waals surface area (Å²) in [4.78, 5) is 0. The highest BCUT2D eigenvalue weighted by molar-refractivity contribution is 5.55. The van der Waals surface area contributed by atoms with E-state index in [1.54, 1.807) is 12.1 Å². The number of fused-ring (bicyclic) bond motifs is 1. The highest BCUT2D eigenvalue weighted by Crippen LogP contribution is 2.40. The van der Waals surface area contributed by atoms with Gasteiger partial charge in [0.1, 0.15) is 0 Å². The Morgan fingerprint density at radius 1 is 1.29 bits per heavy atom. The highest BCUT2D eigenvalue weighted by atomic mass is 16.5. The first kappa shape index (κ1) is 9.15. The molecule has 1 aliphatic heterocycles. The van der Waals surface area contributed by atoms with Crippen molar-refractivity contribution in [1.82, 2.24) is 0 Å². The first-order valence-electron chi connectivity index (χ1n) is 4.63. The molecule has 1 heterocycles. The molecule has 76 valence electrons. The van der Waals surface area contributed by atoms with Crippen LogP contribution in [0.3, 0.4) is 0 Å². The van der Waals surface area contributed by atoms with Crippen LogP contribution in [0.1, 0.15) is 12.0 Å². The zero-order chi connectivity index (χ0) is 9.97. The summed E-state index contributed by atoms with van der Waals surface area (Å²) in [6.45, 7) is 1.48. The third-order valence-electron chi connectivity index (χ3n) is 2.19. The van der Waals surface area contributed by atoms with Crippen molar-refractivity contribution in [3.63, 3.8) is 0 Å². The van der Waals surface area contributed by atoms with E-state index in [9.17, 15) is 5.11 Å². The molecule has 0 bridgehead atoms. The van der Waals surface area contributed by atoms with Crippen molar-refractivity contribution < 1.29 is 14.6 Å². The van der Waals surface area contributed by atoms with Gasteiger partial charge in [-0.1, -0.05) is 6.07 Å². The summed E-state index contributed by atoms with van der Waals surface area (Å²) in [6.07, 6.45) is 0.825. The van der Waals surface area contributed by atoms with Crippen molar-refractivity contribution in [1.29, 1.82) is 0 Å². The molecule has 0 saturated carbocycles. The monoisotopic (exact) mass is 195 g/mol. The first-order chi connectivity index (χ1) is 6.83. The maximum absolute atomic E-state index is 9.77. The van der Waals surface area contributed by atoms with E-state index < -0.39 is 0 Å². The predicted molar refractivity (Wildman–Crippen MR) is 51.6 cm³/mol. The quantitative estimate of drug-likeness (QED) is 0.702. The van der Waals surface area contributed by atoms with Crippen LogP contribution in [0.25, 0.3) is 0 Å². The molecule has 1 aliphatic rings. The summed E-state index contributed by atoms with van der Waals surface area (Å²) in [7, 11) is 0. The van der Waals surface area contributed by atoms with Crippen LogP contribution < -0.4 is 15.2 Å². The number of hydrogen-bond donors (Lipinski definition) is 2. The fraction of sp³-hybridized carbons (Fsp3) is 0.400. The lowest BCUT2D eigenvalue weighted by Gasteiger charge is -2.11. The molecule has 0 saturated heterocycles. The van der Waals surface area contributed by atoms with Gasteiger partial charge < -0.3 is 20.3 Å². The lowest BCUT2D eigenvalue weighted by Crippen LogP contribution is -1.99. The van der Waals surface area contributed by atoms with E-state index in [0.29, 0.717) is 36.8 Å². The van der Waals surface area contributed by atoms with Gasteiger partial charge in [0.05, 0.1) is 13.2 Å². The number of phenols is 1. The molecule has 0 aliphatic carbocycles. The number of ether oxygens (including phenoxy) is 2. The van der Waals surface area contributed by atoms with Crippen LogP contribution in [-0.4, -0.2) is 18.3 Å². The fourth-order valence-corrected chi connectivity index (χ4v) is 1.43. The van der Waals surface area contributed by atoms with Crippen LogP contribution in [0.15, 0.2) is 12.1 Å². The molecular formula is C10H13NO3. The number of aromatic hydroxyl groups is 1. The average molecular weight is 195 g/mol. The number of rotatable bonds is 1. The Balaban J connectivity index is 2.44. The topological polar surface area (TPSA) is 64.7 Å². The number of nitrogens with two attached hydrogens (primary N) is 1. The summed E-state index contributed by atoms with van der Waals surface area (Å²) in [6, 6.07) is 3.53. The van der Waals surface area contributed by atoms with E-state index in [1.165, 1.54) is 0 Å². The molecule has 0 fully saturated rings. The van der Waals surface area contributed by atoms with Crippen molar-refractivity contribution in [3.8, 4) is 17.2 Å². The summed E-state index contributed by atoms with van der Waals surface area (Å²) < 4.78 is 10.8. The second kappa shape index (κ2) is 3.75. The van der Waals surface area contributed by atoms with E-state index >= 15 is 0 Å². The largest absolute Gasteiger partial charge is 0.504 e. The third kappa shape index (κ3) is 1.48. The molecule has 4 nitrogen and oxygen atoms in total. The Morgan fingerprint density at radius 3 is 2.86 bits per heavy atom. The van der Waals surface area contributed by atoms with Gasteiger partial charge >= 0.3 is 0 Å². The molecule has 1 aromatic carbocycles. The van der Waals surface area contributed by atoms with Crippen LogP contribution in [0.5, 0.6) is 17.2 Å². The van der Waals surface area contributed by atoms with Crippen molar-refractivity contribution in [2.24, 2.45) is 5.73 Å². The number of phenolic OH excluding ortho intramolecular Hbond substituents is 1. The average Bonchev–Trinajstić information content (AvgIpc) is 2.44. The fourth-order valence-electron chi connectivity index (χ4n) is 1.43. The summed E-state index contributed by atoms with van der Waals surface area (Å²) in [5.74, 6) is 1.12. The highest BCUT2D eigenvalue weighted by Gasteiger charge is 2.16. The second-order valence-electron chi connectivity index (χ2n) is 3.16. The summed E-state index contributed by atoms with van der Waals surface area (Å²) in [5, 5.41) is 9.77. The van der Waals surface area contributed by atoms with Gasteiger partial charge in [-0.2, -0.15) is 0 Å². The Bertz CT molecular complexity index is 338. The third-order valence-corrected chi connectivity index (χ3v) is 2.19. The van der Waals surface area contributed by atoms with Gasteiger partial charge in [-0.05, 0) is 6.07 Å². The number of benzene rings is 1. The molecule has 0 aromatic heterocycles. The maximum atomic E-state index is 9.77. The van der Waals surface area contributed by atoms with Crippen molar-refractivity contribution in [2.75, 3.05) is 13.2 Å². The Hall–Kier alpha value is -1.42. The molecule has 0 spiro atoms. The minimum absolute atomic E-state index is 0.104. The molecule has 0 unspecified atom stereocenters. The van der Waals surface area contributed by atoms with Gasteiger partial charge in [0.2, 0.25) is 5.75 Å². The molecule has 0 atom stereocenters. The Kier molecular flexibility index (Phi) is 2.45. The lowest BCUT2D eigenvalue weighted by atomic mass is 10.1. The predicted octanol–water partition coefficient (Wildman–Crippen LogP) is 1.01. The SMILES string of the molecule is NCc1ccc2c(c1O)OCCCO2.